The predicted octanol–water partition coefficient (Wildman–Crippen LogP) is 4.32. The van der Waals surface area contributed by atoms with Gasteiger partial charge in [-0.05, 0) is 62.3 Å². The molecule has 29 heavy (non-hydrogen) atoms. The van der Waals surface area contributed by atoms with Gasteiger partial charge in [0.1, 0.15) is 11.8 Å². The Hall–Kier alpha value is -2.65. The van der Waals surface area contributed by atoms with Crippen molar-refractivity contribution in [2.24, 2.45) is 5.92 Å². The molecular formula is C22H25ClN4O2. The summed E-state index contributed by atoms with van der Waals surface area (Å²) >= 11 is 6.06. The summed E-state index contributed by atoms with van der Waals surface area (Å²) in [5, 5.41) is 20.6. The number of hydrogen-bond acceptors (Lipinski definition) is 5. The van der Waals surface area contributed by atoms with Crippen LogP contribution in [0.15, 0.2) is 30.3 Å². The van der Waals surface area contributed by atoms with Crippen LogP contribution in [-0.2, 0) is 6.42 Å². The maximum absolute atomic E-state index is 12.4. The molecule has 0 atom stereocenters. The van der Waals surface area contributed by atoms with Crippen molar-refractivity contribution in [2.75, 3.05) is 0 Å². The number of hydrogen-bond donors (Lipinski definition) is 1. The molecule has 1 aliphatic rings. The molecule has 2 aromatic rings. The lowest BCUT2D eigenvalue weighted by atomic mass is 9.92. The summed E-state index contributed by atoms with van der Waals surface area (Å²) in [5.41, 5.74) is 1.69. The summed E-state index contributed by atoms with van der Waals surface area (Å²) < 4.78 is 5.99. The van der Waals surface area contributed by atoms with Gasteiger partial charge < -0.3 is 10.1 Å². The second-order valence-corrected chi connectivity index (χ2v) is 8.23. The third kappa shape index (κ3) is 5.91. The van der Waals surface area contributed by atoms with Gasteiger partial charge in [0.25, 0.3) is 5.91 Å². The Kier molecular flexibility index (Phi) is 7.05. The van der Waals surface area contributed by atoms with Crippen LogP contribution in [0.5, 0.6) is 5.75 Å². The first-order chi connectivity index (χ1) is 13.9. The van der Waals surface area contributed by atoms with Crippen molar-refractivity contribution in [2.45, 2.75) is 58.1 Å². The second kappa shape index (κ2) is 9.71. The molecule has 1 saturated carbocycles. The largest absolute Gasteiger partial charge is 0.490 e. The summed E-state index contributed by atoms with van der Waals surface area (Å²) in [6.07, 6.45) is 4.26. The highest BCUT2D eigenvalue weighted by molar-refractivity contribution is 6.31. The molecule has 7 heteroatoms. The Bertz CT molecular complexity index is 885. The zero-order chi connectivity index (χ0) is 20.8. The SMILES string of the molecule is CC(C)Cc1ccc(C(=O)NC2CCC(Oc3ccc(C#N)c(Cl)c3)CC2)nn1. The summed E-state index contributed by atoms with van der Waals surface area (Å²) in [7, 11) is 0. The first kappa shape index (κ1) is 21.1. The number of carbonyl (C=O) groups excluding carboxylic acids is 1. The Morgan fingerprint density at radius 1 is 1.24 bits per heavy atom. The van der Waals surface area contributed by atoms with Crippen LogP contribution in [0, 0.1) is 17.2 Å². The average molecular weight is 413 g/mol. The van der Waals surface area contributed by atoms with Crippen LogP contribution in [0.3, 0.4) is 0 Å². The zero-order valence-electron chi connectivity index (χ0n) is 16.7. The monoisotopic (exact) mass is 412 g/mol. The van der Waals surface area contributed by atoms with E-state index in [0.29, 0.717) is 27.9 Å². The molecule has 6 nitrogen and oxygen atoms in total. The number of nitriles is 1. The zero-order valence-corrected chi connectivity index (χ0v) is 17.4. The van der Waals surface area contributed by atoms with E-state index in [1.807, 2.05) is 12.1 Å². The standard InChI is InChI=1S/C22H25ClN4O2/c1-14(2)11-17-6-10-21(27-26-17)22(28)25-16-4-8-18(9-5-16)29-19-7-3-15(13-24)20(23)12-19/h3,6-7,10,12,14,16,18H,4-5,8-9,11H2,1-2H3,(H,25,28). The van der Waals surface area contributed by atoms with Crippen LogP contribution in [0.4, 0.5) is 0 Å². The van der Waals surface area contributed by atoms with E-state index in [1.165, 1.54) is 0 Å². The molecule has 152 valence electrons. The van der Waals surface area contributed by atoms with Gasteiger partial charge in [-0.2, -0.15) is 10.4 Å². The maximum atomic E-state index is 12.4. The third-order valence-electron chi connectivity index (χ3n) is 4.94. The van der Waals surface area contributed by atoms with Crippen LogP contribution >= 0.6 is 11.6 Å². The van der Waals surface area contributed by atoms with Gasteiger partial charge in [0.05, 0.1) is 22.4 Å². The van der Waals surface area contributed by atoms with E-state index >= 15 is 0 Å². The van der Waals surface area contributed by atoms with E-state index < -0.39 is 0 Å². The van der Waals surface area contributed by atoms with Gasteiger partial charge in [0, 0.05) is 12.1 Å². The molecular weight excluding hydrogens is 388 g/mol. The normalized spacial score (nSPS) is 18.9. The third-order valence-corrected chi connectivity index (χ3v) is 5.26. The number of ether oxygens (including phenoxy) is 1. The lowest BCUT2D eigenvalue weighted by molar-refractivity contribution is 0.0888. The lowest BCUT2D eigenvalue weighted by Gasteiger charge is -2.29. The Morgan fingerprint density at radius 3 is 2.59 bits per heavy atom. The highest BCUT2D eigenvalue weighted by atomic mass is 35.5. The summed E-state index contributed by atoms with van der Waals surface area (Å²) in [4.78, 5) is 12.4. The first-order valence-electron chi connectivity index (χ1n) is 9.94. The fourth-order valence-corrected chi connectivity index (χ4v) is 3.66. The van der Waals surface area contributed by atoms with E-state index in [4.69, 9.17) is 21.6 Å². The number of nitrogens with one attached hydrogen (secondary N) is 1. The molecule has 1 aromatic carbocycles. The van der Waals surface area contributed by atoms with Gasteiger partial charge >= 0.3 is 0 Å². The summed E-state index contributed by atoms with van der Waals surface area (Å²) in [6.45, 7) is 4.25. The molecule has 1 amide bonds. The average Bonchev–Trinajstić information content (AvgIpc) is 2.70. The molecule has 0 bridgehead atoms. The minimum Gasteiger partial charge on any atom is -0.490 e. The Balaban J connectivity index is 1.47. The molecule has 1 N–H and O–H groups in total. The van der Waals surface area contributed by atoms with Gasteiger partial charge in [-0.15, -0.1) is 5.10 Å². The molecule has 0 aliphatic heterocycles. The van der Waals surface area contributed by atoms with Crippen LogP contribution in [0.2, 0.25) is 5.02 Å². The molecule has 0 unspecified atom stereocenters. The number of amides is 1. The number of aromatic nitrogens is 2. The fraction of sp³-hybridized carbons (Fsp3) is 0.455. The molecule has 3 rings (SSSR count). The number of benzene rings is 1. The minimum absolute atomic E-state index is 0.0715. The lowest BCUT2D eigenvalue weighted by Crippen LogP contribution is -2.40. The van der Waals surface area contributed by atoms with Crippen LogP contribution in [-0.4, -0.2) is 28.3 Å². The molecule has 1 aliphatic carbocycles. The molecule has 1 aromatic heterocycles. The maximum Gasteiger partial charge on any atom is 0.272 e. The van der Waals surface area contributed by atoms with E-state index in [-0.39, 0.29) is 18.1 Å². The van der Waals surface area contributed by atoms with E-state index in [2.05, 4.69) is 29.4 Å². The van der Waals surface area contributed by atoms with E-state index in [0.717, 1.165) is 37.8 Å². The van der Waals surface area contributed by atoms with E-state index in [1.54, 1.807) is 24.3 Å². The molecule has 0 spiro atoms. The van der Waals surface area contributed by atoms with Crippen LogP contribution < -0.4 is 10.1 Å². The Morgan fingerprint density at radius 2 is 2.00 bits per heavy atom. The van der Waals surface area contributed by atoms with E-state index in [9.17, 15) is 4.79 Å². The topological polar surface area (TPSA) is 87.9 Å². The van der Waals surface area contributed by atoms with Gasteiger partial charge in [0.15, 0.2) is 5.69 Å². The molecule has 0 radical (unpaired) electrons. The van der Waals surface area contributed by atoms with Crippen molar-refractivity contribution < 1.29 is 9.53 Å². The van der Waals surface area contributed by atoms with Crippen molar-refractivity contribution in [1.29, 1.82) is 5.26 Å². The fourth-order valence-electron chi connectivity index (χ4n) is 3.44. The van der Waals surface area contributed by atoms with Crippen molar-refractivity contribution in [3.05, 3.63) is 52.3 Å². The van der Waals surface area contributed by atoms with Crippen LogP contribution in [0.1, 0.15) is 61.3 Å². The number of halogens is 1. The van der Waals surface area contributed by atoms with Gasteiger partial charge in [-0.1, -0.05) is 25.4 Å². The number of carbonyl (C=O) groups is 1. The van der Waals surface area contributed by atoms with Crippen molar-refractivity contribution >= 4 is 17.5 Å². The second-order valence-electron chi connectivity index (χ2n) is 7.83. The number of rotatable bonds is 6. The smallest absolute Gasteiger partial charge is 0.272 e. The van der Waals surface area contributed by atoms with Crippen molar-refractivity contribution in [1.82, 2.24) is 15.5 Å². The first-order valence-corrected chi connectivity index (χ1v) is 10.3. The van der Waals surface area contributed by atoms with Crippen LogP contribution in [0.25, 0.3) is 0 Å². The highest BCUT2D eigenvalue weighted by Crippen LogP contribution is 2.27. The summed E-state index contributed by atoms with van der Waals surface area (Å²) in [6, 6.07) is 10.9. The van der Waals surface area contributed by atoms with Crippen molar-refractivity contribution in [3.63, 3.8) is 0 Å². The Labute approximate surface area is 176 Å². The molecule has 0 saturated heterocycles. The predicted molar refractivity (Wildman–Crippen MR) is 111 cm³/mol. The molecule has 1 fully saturated rings. The summed E-state index contributed by atoms with van der Waals surface area (Å²) in [5.74, 6) is 0.983. The van der Waals surface area contributed by atoms with Gasteiger partial charge in [-0.25, -0.2) is 0 Å². The highest BCUT2D eigenvalue weighted by Gasteiger charge is 2.24. The molecule has 1 heterocycles. The number of nitrogens with zero attached hydrogens (tertiary/aromatic N) is 3. The minimum atomic E-state index is -0.183. The quantitative estimate of drug-likeness (QED) is 0.763. The van der Waals surface area contributed by atoms with Gasteiger partial charge in [-0.3, -0.25) is 4.79 Å². The van der Waals surface area contributed by atoms with Gasteiger partial charge in [0.2, 0.25) is 0 Å². The van der Waals surface area contributed by atoms with Crippen molar-refractivity contribution in [3.8, 4) is 11.8 Å².